The van der Waals surface area contributed by atoms with E-state index in [2.05, 4.69) is 51.6 Å². The van der Waals surface area contributed by atoms with E-state index in [9.17, 15) is 10.1 Å². The number of nitrogens with zero attached hydrogens (tertiary/aromatic N) is 4. The Balaban J connectivity index is 1.63. The number of nitrogens with one attached hydrogen (secondary N) is 2. The fraction of sp³-hybridized carbons (Fsp3) is 0.385. The lowest BCUT2D eigenvalue weighted by Crippen LogP contribution is -2.29. The highest BCUT2D eigenvalue weighted by atomic mass is 35.5. The molecule has 1 saturated heterocycles. The summed E-state index contributed by atoms with van der Waals surface area (Å²) in [5.41, 5.74) is 3.44. The predicted octanol–water partition coefficient (Wildman–Crippen LogP) is 6.43. The highest BCUT2D eigenvalue weighted by Gasteiger charge is 2.22. The number of hydrogen-bond donors (Lipinski definition) is 2. The number of hydrogen-bond acceptors (Lipinski definition) is 8. The van der Waals surface area contributed by atoms with Gasteiger partial charge in [-0.15, -0.1) is 0 Å². The minimum absolute atomic E-state index is 0.0133. The summed E-state index contributed by atoms with van der Waals surface area (Å²) in [6.45, 7) is 8.26. The van der Waals surface area contributed by atoms with Gasteiger partial charge in [-0.3, -0.25) is 10.1 Å². The number of anilines is 4. The fourth-order valence-electron chi connectivity index (χ4n) is 4.41. The third-order valence-electron chi connectivity index (χ3n) is 6.23. The first kappa shape index (κ1) is 25.7. The molecule has 36 heavy (non-hydrogen) atoms. The van der Waals surface area contributed by atoms with Crippen LogP contribution in [-0.4, -0.2) is 46.0 Å². The van der Waals surface area contributed by atoms with Gasteiger partial charge in [0.2, 0.25) is 5.95 Å². The Labute approximate surface area is 216 Å². The lowest BCUT2D eigenvalue weighted by atomic mass is 9.86. The molecule has 1 aliphatic rings. The molecule has 3 aromatic rings. The molecule has 0 aliphatic carbocycles. The number of nitro groups is 1. The van der Waals surface area contributed by atoms with Gasteiger partial charge in [-0.05, 0) is 89.0 Å². The molecule has 0 bridgehead atoms. The molecule has 1 aromatic heterocycles. The number of piperidine rings is 1. The van der Waals surface area contributed by atoms with Crippen LogP contribution in [0.25, 0.3) is 0 Å². The van der Waals surface area contributed by atoms with E-state index < -0.39 is 4.92 Å². The van der Waals surface area contributed by atoms with Crippen LogP contribution in [0.3, 0.4) is 0 Å². The summed E-state index contributed by atoms with van der Waals surface area (Å²) in [5, 5.41) is 17.9. The van der Waals surface area contributed by atoms with Gasteiger partial charge in [0.15, 0.2) is 5.82 Å². The lowest BCUT2D eigenvalue weighted by molar-refractivity contribution is -0.383. The van der Waals surface area contributed by atoms with Gasteiger partial charge in [0.25, 0.3) is 5.69 Å². The Morgan fingerprint density at radius 3 is 2.58 bits per heavy atom. The lowest BCUT2D eigenvalue weighted by Gasteiger charge is -2.30. The first-order valence-corrected chi connectivity index (χ1v) is 12.4. The summed E-state index contributed by atoms with van der Waals surface area (Å²) < 4.78 is 6.17. The topological polar surface area (TPSA) is 105 Å². The third kappa shape index (κ3) is 6.03. The van der Waals surface area contributed by atoms with Crippen LogP contribution in [-0.2, 0) is 0 Å². The van der Waals surface area contributed by atoms with Crippen molar-refractivity contribution >= 4 is 40.4 Å². The fourth-order valence-corrected chi connectivity index (χ4v) is 4.55. The number of benzene rings is 2. The van der Waals surface area contributed by atoms with Gasteiger partial charge in [0, 0.05) is 6.07 Å². The van der Waals surface area contributed by atoms with Crippen molar-refractivity contribution in [3.8, 4) is 5.75 Å². The maximum absolute atomic E-state index is 11.4. The minimum Gasteiger partial charge on any atom is -0.489 e. The summed E-state index contributed by atoms with van der Waals surface area (Å²) in [5.74, 6) is 1.78. The third-order valence-corrected chi connectivity index (χ3v) is 6.51. The first-order chi connectivity index (χ1) is 17.2. The molecule has 2 aromatic carbocycles. The molecular weight excluding hydrogens is 480 g/mol. The zero-order valence-electron chi connectivity index (χ0n) is 20.9. The second-order valence-corrected chi connectivity index (χ2v) is 9.77. The summed E-state index contributed by atoms with van der Waals surface area (Å²) in [6.07, 6.45) is 3.68. The van der Waals surface area contributed by atoms with Crippen LogP contribution in [0.15, 0.2) is 42.6 Å². The van der Waals surface area contributed by atoms with Crippen LogP contribution in [0.4, 0.5) is 28.8 Å². The zero-order chi connectivity index (χ0) is 25.8. The maximum Gasteiger partial charge on any atom is 0.292 e. The van der Waals surface area contributed by atoms with E-state index in [1.165, 1.54) is 23.4 Å². The summed E-state index contributed by atoms with van der Waals surface area (Å²) in [4.78, 5) is 22.1. The van der Waals surface area contributed by atoms with Crippen LogP contribution in [0.2, 0.25) is 5.02 Å². The SMILES string of the molecule is Cc1cc(Nc2ncc(Cl)c(Nc3ccccc3[N+](=O)[O-])n2)c(OC(C)C)cc1C1CCN(C)CC1. The van der Waals surface area contributed by atoms with Gasteiger partial charge in [-0.2, -0.15) is 4.98 Å². The van der Waals surface area contributed by atoms with Crippen molar-refractivity contribution in [1.29, 1.82) is 0 Å². The van der Waals surface area contributed by atoms with Crippen LogP contribution >= 0.6 is 11.6 Å². The van der Waals surface area contributed by atoms with E-state index in [-0.39, 0.29) is 28.3 Å². The van der Waals surface area contributed by atoms with Crippen molar-refractivity contribution in [3.05, 3.63) is 68.9 Å². The number of rotatable bonds is 8. The van der Waals surface area contributed by atoms with Crippen molar-refractivity contribution in [2.45, 2.75) is 45.6 Å². The molecule has 0 amide bonds. The molecule has 2 N–H and O–H groups in total. The Bertz CT molecular complexity index is 1240. The number of para-hydroxylation sites is 2. The second-order valence-electron chi connectivity index (χ2n) is 9.36. The monoisotopic (exact) mass is 510 g/mol. The number of halogens is 1. The number of aromatic nitrogens is 2. The highest BCUT2D eigenvalue weighted by molar-refractivity contribution is 6.33. The van der Waals surface area contributed by atoms with E-state index in [0.717, 1.165) is 37.4 Å². The summed E-state index contributed by atoms with van der Waals surface area (Å²) in [7, 11) is 2.16. The first-order valence-electron chi connectivity index (χ1n) is 12.0. The van der Waals surface area contributed by atoms with E-state index in [0.29, 0.717) is 11.9 Å². The van der Waals surface area contributed by atoms with Crippen molar-refractivity contribution in [2.24, 2.45) is 0 Å². The number of ether oxygens (including phenoxy) is 1. The smallest absolute Gasteiger partial charge is 0.292 e. The summed E-state index contributed by atoms with van der Waals surface area (Å²) in [6, 6.07) is 10.5. The molecule has 0 radical (unpaired) electrons. The van der Waals surface area contributed by atoms with Gasteiger partial charge < -0.3 is 20.3 Å². The van der Waals surface area contributed by atoms with Gasteiger partial charge >= 0.3 is 0 Å². The molecule has 2 heterocycles. The number of aryl methyl sites for hydroxylation is 1. The van der Waals surface area contributed by atoms with E-state index in [4.69, 9.17) is 16.3 Å². The minimum atomic E-state index is -0.458. The van der Waals surface area contributed by atoms with Crippen molar-refractivity contribution in [2.75, 3.05) is 30.8 Å². The Morgan fingerprint density at radius 1 is 1.17 bits per heavy atom. The molecule has 10 heteroatoms. The van der Waals surface area contributed by atoms with Crippen molar-refractivity contribution in [3.63, 3.8) is 0 Å². The molecule has 0 spiro atoms. The average Bonchev–Trinajstić information content (AvgIpc) is 2.83. The van der Waals surface area contributed by atoms with Crippen LogP contribution in [0.5, 0.6) is 5.75 Å². The second kappa shape index (κ2) is 11.1. The van der Waals surface area contributed by atoms with Crippen LogP contribution in [0.1, 0.15) is 43.7 Å². The molecule has 1 aliphatic heterocycles. The van der Waals surface area contributed by atoms with Crippen molar-refractivity contribution < 1.29 is 9.66 Å². The molecule has 190 valence electrons. The van der Waals surface area contributed by atoms with Gasteiger partial charge in [-0.25, -0.2) is 4.98 Å². The van der Waals surface area contributed by atoms with Crippen molar-refractivity contribution in [1.82, 2.24) is 14.9 Å². The van der Waals surface area contributed by atoms with E-state index in [1.54, 1.807) is 18.2 Å². The average molecular weight is 511 g/mol. The van der Waals surface area contributed by atoms with Crippen LogP contribution < -0.4 is 15.4 Å². The zero-order valence-corrected chi connectivity index (χ0v) is 21.7. The quantitative estimate of drug-likeness (QED) is 0.264. The molecular formula is C26H31ClN6O3. The van der Waals surface area contributed by atoms with E-state index >= 15 is 0 Å². The largest absolute Gasteiger partial charge is 0.489 e. The molecule has 0 unspecified atom stereocenters. The Kier molecular flexibility index (Phi) is 7.91. The van der Waals surface area contributed by atoms with Gasteiger partial charge in [0.1, 0.15) is 16.5 Å². The van der Waals surface area contributed by atoms with Crippen LogP contribution in [0, 0.1) is 17.0 Å². The number of nitro benzene ring substituents is 1. The summed E-state index contributed by atoms with van der Waals surface area (Å²) >= 11 is 6.31. The highest BCUT2D eigenvalue weighted by Crippen LogP contribution is 2.38. The Morgan fingerprint density at radius 2 is 1.89 bits per heavy atom. The standard InChI is InChI=1S/C26H31ClN6O3/c1-16(2)36-24-14-19(18-9-11-32(4)12-10-18)17(3)13-22(24)30-26-28-15-20(27)25(31-26)29-21-7-5-6-8-23(21)33(34)35/h5-8,13-16,18H,9-12H2,1-4H3,(H2,28,29,30,31). The van der Waals surface area contributed by atoms with E-state index in [1.807, 2.05) is 13.8 Å². The molecule has 4 rings (SSSR count). The normalized spacial score (nSPS) is 14.6. The maximum atomic E-state index is 11.4. The predicted molar refractivity (Wildman–Crippen MR) is 143 cm³/mol. The molecule has 0 atom stereocenters. The molecule has 9 nitrogen and oxygen atoms in total. The number of likely N-dealkylation sites (tertiary alicyclic amines) is 1. The molecule has 0 saturated carbocycles. The Hall–Kier alpha value is -3.43. The van der Waals surface area contributed by atoms with Gasteiger partial charge in [-0.1, -0.05) is 23.7 Å². The van der Waals surface area contributed by atoms with Gasteiger partial charge in [0.05, 0.1) is 22.9 Å². The molecule has 1 fully saturated rings.